The summed E-state index contributed by atoms with van der Waals surface area (Å²) < 4.78 is 11.4. The SMILES string of the molecule is CCOC1(c2noc(C3CC(O)C3)n2)CCCCC1. The van der Waals surface area contributed by atoms with Gasteiger partial charge in [0.05, 0.1) is 6.10 Å². The van der Waals surface area contributed by atoms with Crippen molar-refractivity contribution >= 4 is 0 Å². The number of hydrogen-bond donors (Lipinski definition) is 1. The van der Waals surface area contributed by atoms with Crippen molar-refractivity contribution < 1.29 is 14.4 Å². The van der Waals surface area contributed by atoms with Crippen LogP contribution in [0.2, 0.25) is 0 Å². The first-order chi connectivity index (χ1) is 9.23. The molecule has 0 aromatic carbocycles. The zero-order valence-corrected chi connectivity index (χ0v) is 11.5. The number of aromatic nitrogens is 2. The Bertz CT molecular complexity index is 415. The summed E-state index contributed by atoms with van der Waals surface area (Å²) >= 11 is 0. The molecule has 2 aliphatic rings. The van der Waals surface area contributed by atoms with E-state index in [9.17, 15) is 5.11 Å². The van der Waals surface area contributed by atoms with Gasteiger partial charge in [0.2, 0.25) is 11.7 Å². The topological polar surface area (TPSA) is 68.4 Å². The summed E-state index contributed by atoms with van der Waals surface area (Å²) in [6.07, 6.45) is 6.81. The molecule has 0 saturated heterocycles. The van der Waals surface area contributed by atoms with Crippen molar-refractivity contribution in [1.29, 1.82) is 0 Å². The highest BCUT2D eigenvalue weighted by Gasteiger charge is 2.41. The van der Waals surface area contributed by atoms with E-state index >= 15 is 0 Å². The summed E-state index contributed by atoms with van der Waals surface area (Å²) in [6.45, 7) is 2.69. The van der Waals surface area contributed by atoms with E-state index in [1.165, 1.54) is 6.42 Å². The van der Waals surface area contributed by atoms with Gasteiger partial charge in [-0.15, -0.1) is 0 Å². The number of ether oxygens (including phenoxy) is 1. The lowest BCUT2D eigenvalue weighted by Crippen LogP contribution is -2.34. The van der Waals surface area contributed by atoms with Gasteiger partial charge in [-0.25, -0.2) is 0 Å². The molecule has 1 N–H and O–H groups in total. The van der Waals surface area contributed by atoms with Gasteiger partial charge in [-0.05, 0) is 32.6 Å². The van der Waals surface area contributed by atoms with Gasteiger partial charge in [-0.1, -0.05) is 24.4 Å². The summed E-state index contributed by atoms with van der Waals surface area (Å²) in [6, 6.07) is 0. The van der Waals surface area contributed by atoms with E-state index in [1.807, 2.05) is 6.92 Å². The van der Waals surface area contributed by atoms with E-state index in [0.717, 1.165) is 38.5 Å². The van der Waals surface area contributed by atoms with Crippen LogP contribution in [0.25, 0.3) is 0 Å². The highest BCUT2D eigenvalue weighted by atomic mass is 16.5. The van der Waals surface area contributed by atoms with E-state index in [1.54, 1.807) is 0 Å². The molecule has 0 spiro atoms. The van der Waals surface area contributed by atoms with E-state index < -0.39 is 0 Å². The summed E-state index contributed by atoms with van der Waals surface area (Å²) in [5.74, 6) is 1.62. The zero-order chi connectivity index (χ0) is 13.3. The minimum atomic E-state index is -0.336. The molecule has 0 amide bonds. The Morgan fingerprint density at radius 3 is 2.68 bits per heavy atom. The molecule has 2 saturated carbocycles. The smallest absolute Gasteiger partial charge is 0.230 e. The fourth-order valence-corrected chi connectivity index (χ4v) is 3.21. The first-order valence-electron chi connectivity index (χ1n) is 7.39. The third-order valence-electron chi connectivity index (χ3n) is 4.39. The molecule has 1 aromatic heterocycles. The monoisotopic (exact) mass is 266 g/mol. The number of nitrogens with zero attached hydrogens (tertiary/aromatic N) is 2. The molecule has 19 heavy (non-hydrogen) atoms. The van der Waals surface area contributed by atoms with E-state index in [-0.39, 0.29) is 17.6 Å². The van der Waals surface area contributed by atoms with Gasteiger partial charge < -0.3 is 14.4 Å². The van der Waals surface area contributed by atoms with Gasteiger partial charge in [-0.2, -0.15) is 4.98 Å². The summed E-state index contributed by atoms with van der Waals surface area (Å²) in [4.78, 5) is 4.57. The van der Waals surface area contributed by atoms with Crippen molar-refractivity contribution in [2.45, 2.75) is 69.5 Å². The summed E-state index contributed by atoms with van der Waals surface area (Å²) in [5.41, 5.74) is -0.336. The highest BCUT2D eigenvalue weighted by molar-refractivity contribution is 5.07. The van der Waals surface area contributed by atoms with Crippen LogP contribution in [0.5, 0.6) is 0 Å². The second-order valence-corrected chi connectivity index (χ2v) is 5.77. The Hall–Kier alpha value is -0.940. The fourth-order valence-electron chi connectivity index (χ4n) is 3.21. The van der Waals surface area contributed by atoms with Crippen molar-refractivity contribution in [2.24, 2.45) is 0 Å². The van der Waals surface area contributed by atoms with Crippen LogP contribution < -0.4 is 0 Å². The third-order valence-corrected chi connectivity index (χ3v) is 4.39. The Kier molecular flexibility index (Phi) is 3.58. The molecule has 2 fully saturated rings. The maximum absolute atomic E-state index is 9.36. The van der Waals surface area contributed by atoms with Crippen LogP contribution in [0.1, 0.15) is 69.5 Å². The average molecular weight is 266 g/mol. The minimum absolute atomic E-state index is 0.198. The third kappa shape index (κ3) is 2.41. The lowest BCUT2D eigenvalue weighted by molar-refractivity contribution is -0.0777. The number of aliphatic hydroxyl groups excluding tert-OH is 1. The molecular weight excluding hydrogens is 244 g/mol. The van der Waals surface area contributed by atoms with Crippen LogP contribution in [0.4, 0.5) is 0 Å². The van der Waals surface area contributed by atoms with Crippen LogP contribution >= 0.6 is 0 Å². The van der Waals surface area contributed by atoms with Crippen molar-refractivity contribution in [1.82, 2.24) is 10.1 Å². The Balaban J connectivity index is 1.78. The Morgan fingerprint density at radius 1 is 1.32 bits per heavy atom. The molecule has 0 aliphatic heterocycles. The standard InChI is InChI=1S/C14H22N2O3/c1-2-18-14(6-4-3-5-7-14)13-15-12(19-16-13)10-8-11(17)9-10/h10-11,17H,2-9H2,1H3. The molecule has 0 bridgehead atoms. The fraction of sp³-hybridized carbons (Fsp3) is 0.857. The largest absolute Gasteiger partial charge is 0.393 e. The lowest BCUT2D eigenvalue weighted by Gasteiger charge is -2.34. The molecule has 0 radical (unpaired) electrons. The molecule has 0 atom stereocenters. The molecular formula is C14H22N2O3. The number of hydrogen-bond acceptors (Lipinski definition) is 5. The van der Waals surface area contributed by atoms with Gasteiger partial charge >= 0.3 is 0 Å². The molecule has 1 aromatic rings. The molecule has 5 heteroatoms. The number of rotatable bonds is 4. The van der Waals surface area contributed by atoms with Crippen molar-refractivity contribution in [3.05, 3.63) is 11.7 Å². The number of aliphatic hydroxyl groups is 1. The van der Waals surface area contributed by atoms with Gasteiger partial charge in [0, 0.05) is 12.5 Å². The second-order valence-electron chi connectivity index (χ2n) is 5.77. The predicted octanol–water partition coefficient (Wildman–Crippen LogP) is 2.50. The normalized spacial score (nSPS) is 30.0. The highest BCUT2D eigenvalue weighted by Crippen LogP contribution is 2.41. The molecule has 0 unspecified atom stereocenters. The van der Waals surface area contributed by atoms with Crippen LogP contribution in [0, 0.1) is 0 Å². The van der Waals surface area contributed by atoms with E-state index in [2.05, 4.69) is 10.1 Å². The van der Waals surface area contributed by atoms with Gasteiger partial charge in [0.25, 0.3) is 0 Å². The zero-order valence-electron chi connectivity index (χ0n) is 11.5. The predicted molar refractivity (Wildman–Crippen MR) is 68.7 cm³/mol. The quantitative estimate of drug-likeness (QED) is 0.906. The lowest BCUT2D eigenvalue weighted by atomic mass is 9.82. The molecule has 3 rings (SSSR count). The second kappa shape index (κ2) is 5.21. The maximum Gasteiger partial charge on any atom is 0.230 e. The van der Waals surface area contributed by atoms with Gasteiger partial charge in [0.1, 0.15) is 5.60 Å². The average Bonchev–Trinajstić information content (AvgIpc) is 2.86. The molecule has 106 valence electrons. The Labute approximate surface area is 113 Å². The van der Waals surface area contributed by atoms with E-state index in [0.29, 0.717) is 18.3 Å². The van der Waals surface area contributed by atoms with Crippen LogP contribution in [0.15, 0.2) is 4.52 Å². The van der Waals surface area contributed by atoms with Crippen molar-refractivity contribution in [3.63, 3.8) is 0 Å². The molecule has 1 heterocycles. The van der Waals surface area contributed by atoms with Crippen LogP contribution in [0.3, 0.4) is 0 Å². The van der Waals surface area contributed by atoms with Gasteiger partial charge in [0.15, 0.2) is 0 Å². The summed E-state index contributed by atoms with van der Waals surface area (Å²) in [7, 11) is 0. The maximum atomic E-state index is 9.36. The van der Waals surface area contributed by atoms with Crippen LogP contribution in [-0.2, 0) is 10.3 Å². The first-order valence-corrected chi connectivity index (χ1v) is 7.39. The van der Waals surface area contributed by atoms with Crippen molar-refractivity contribution in [3.8, 4) is 0 Å². The molecule has 5 nitrogen and oxygen atoms in total. The minimum Gasteiger partial charge on any atom is -0.393 e. The summed E-state index contributed by atoms with van der Waals surface area (Å²) in [5, 5.41) is 13.5. The first kappa shape index (κ1) is 13.1. The van der Waals surface area contributed by atoms with Crippen LogP contribution in [-0.4, -0.2) is 28.0 Å². The van der Waals surface area contributed by atoms with Gasteiger partial charge in [-0.3, -0.25) is 0 Å². The Morgan fingerprint density at radius 2 is 2.05 bits per heavy atom. The van der Waals surface area contributed by atoms with E-state index in [4.69, 9.17) is 9.26 Å². The molecule has 2 aliphatic carbocycles. The van der Waals surface area contributed by atoms with Crippen molar-refractivity contribution in [2.75, 3.05) is 6.61 Å².